The fourth-order valence-electron chi connectivity index (χ4n) is 1.31. The number of nitrogens with zero attached hydrogens (tertiary/aromatic N) is 3. The summed E-state index contributed by atoms with van der Waals surface area (Å²) in [6, 6.07) is 0.408. The number of H-pyrrole nitrogens is 1. The zero-order valence-corrected chi connectivity index (χ0v) is 8.73. The van der Waals surface area contributed by atoms with E-state index in [1.165, 1.54) is 12.8 Å². The Morgan fingerprint density at radius 3 is 3.13 bits per heavy atom. The molecular weight excluding hydrogens is 192 g/mol. The van der Waals surface area contributed by atoms with Gasteiger partial charge in [-0.3, -0.25) is 0 Å². The molecule has 80 valence electrons. The van der Waals surface area contributed by atoms with E-state index in [0.717, 1.165) is 11.9 Å². The second-order valence-corrected chi connectivity index (χ2v) is 3.35. The second-order valence-electron chi connectivity index (χ2n) is 3.35. The van der Waals surface area contributed by atoms with Gasteiger partial charge in [-0.25, -0.2) is 9.97 Å². The SMILES string of the molecule is CCCCCOc1ncc2[nH]cnc2n1. The minimum Gasteiger partial charge on any atom is -0.463 e. The summed E-state index contributed by atoms with van der Waals surface area (Å²) in [5, 5.41) is 0. The molecule has 0 amide bonds. The first-order valence-electron chi connectivity index (χ1n) is 5.19. The Morgan fingerprint density at radius 1 is 1.33 bits per heavy atom. The third-order valence-corrected chi connectivity index (χ3v) is 2.13. The van der Waals surface area contributed by atoms with E-state index in [-0.39, 0.29) is 0 Å². The number of rotatable bonds is 5. The second kappa shape index (κ2) is 4.72. The highest BCUT2D eigenvalue weighted by Gasteiger charge is 2.01. The Bertz CT molecular complexity index is 426. The quantitative estimate of drug-likeness (QED) is 0.759. The standard InChI is InChI=1S/C10H14N4O/c1-2-3-4-5-15-10-11-6-8-9(14-10)13-7-12-8/h6-7H,2-5H2,1H3,(H,11,12,13,14). The number of ether oxygens (including phenoxy) is 1. The molecule has 15 heavy (non-hydrogen) atoms. The lowest BCUT2D eigenvalue weighted by molar-refractivity contribution is 0.284. The van der Waals surface area contributed by atoms with Crippen LogP contribution in [0.1, 0.15) is 26.2 Å². The largest absolute Gasteiger partial charge is 0.463 e. The van der Waals surface area contributed by atoms with Crippen LogP contribution in [0.4, 0.5) is 0 Å². The van der Waals surface area contributed by atoms with Crippen LogP contribution in [0.25, 0.3) is 11.2 Å². The van der Waals surface area contributed by atoms with Gasteiger partial charge in [0.2, 0.25) is 0 Å². The molecule has 0 aliphatic carbocycles. The van der Waals surface area contributed by atoms with Gasteiger partial charge in [0.05, 0.1) is 19.1 Å². The molecule has 0 bridgehead atoms. The van der Waals surface area contributed by atoms with Crippen molar-refractivity contribution in [1.29, 1.82) is 0 Å². The zero-order valence-electron chi connectivity index (χ0n) is 8.73. The maximum absolute atomic E-state index is 5.41. The van der Waals surface area contributed by atoms with Crippen molar-refractivity contribution in [3.05, 3.63) is 12.5 Å². The van der Waals surface area contributed by atoms with Crippen LogP contribution in [0.5, 0.6) is 6.01 Å². The molecule has 2 rings (SSSR count). The van der Waals surface area contributed by atoms with Crippen LogP contribution in [-0.2, 0) is 0 Å². The Kier molecular flexibility index (Phi) is 3.11. The van der Waals surface area contributed by atoms with Gasteiger partial charge < -0.3 is 9.72 Å². The predicted molar refractivity (Wildman–Crippen MR) is 56.7 cm³/mol. The van der Waals surface area contributed by atoms with Gasteiger partial charge in [-0.1, -0.05) is 19.8 Å². The van der Waals surface area contributed by atoms with Crippen LogP contribution >= 0.6 is 0 Å². The highest BCUT2D eigenvalue weighted by molar-refractivity contribution is 5.68. The Labute approximate surface area is 87.9 Å². The summed E-state index contributed by atoms with van der Waals surface area (Å²) in [4.78, 5) is 15.2. The van der Waals surface area contributed by atoms with Crippen molar-refractivity contribution in [2.45, 2.75) is 26.2 Å². The highest BCUT2D eigenvalue weighted by atomic mass is 16.5. The van der Waals surface area contributed by atoms with E-state index in [1.54, 1.807) is 12.5 Å². The molecule has 0 aromatic carbocycles. The normalized spacial score (nSPS) is 10.7. The number of aromatic amines is 1. The van der Waals surface area contributed by atoms with Crippen LogP contribution in [0.15, 0.2) is 12.5 Å². The maximum atomic E-state index is 5.41. The molecule has 0 saturated carbocycles. The van der Waals surface area contributed by atoms with E-state index in [9.17, 15) is 0 Å². The van der Waals surface area contributed by atoms with Crippen molar-refractivity contribution in [3.63, 3.8) is 0 Å². The van der Waals surface area contributed by atoms with E-state index in [0.29, 0.717) is 18.3 Å². The third kappa shape index (κ3) is 2.43. The molecule has 2 aromatic heterocycles. The van der Waals surface area contributed by atoms with E-state index in [4.69, 9.17) is 4.74 Å². The first-order valence-corrected chi connectivity index (χ1v) is 5.19. The van der Waals surface area contributed by atoms with Crippen LogP contribution in [0, 0.1) is 0 Å². The lowest BCUT2D eigenvalue weighted by Gasteiger charge is -2.02. The first kappa shape index (κ1) is 9.89. The lowest BCUT2D eigenvalue weighted by Crippen LogP contribution is -2.00. The van der Waals surface area contributed by atoms with Gasteiger partial charge in [0, 0.05) is 0 Å². The molecule has 0 radical (unpaired) electrons. The van der Waals surface area contributed by atoms with E-state index in [1.807, 2.05) is 0 Å². The van der Waals surface area contributed by atoms with E-state index < -0.39 is 0 Å². The molecule has 0 aliphatic heterocycles. The van der Waals surface area contributed by atoms with Gasteiger partial charge in [-0.05, 0) is 6.42 Å². The van der Waals surface area contributed by atoms with Crippen LogP contribution in [0.2, 0.25) is 0 Å². The van der Waals surface area contributed by atoms with Crippen molar-refractivity contribution in [2.75, 3.05) is 6.61 Å². The monoisotopic (exact) mass is 206 g/mol. The summed E-state index contributed by atoms with van der Waals surface area (Å²) in [6.07, 6.45) is 6.68. The highest BCUT2D eigenvalue weighted by Crippen LogP contribution is 2.09. The van der Waals surface area contributed by atoms with E-state index in [2.05, 4.69) is 26.9 Å². The molecule has 0 aliphatic rings. The Morgan fingerprint density at radius 2 is 2.27 bits per heavy atom. The van der Waals surface area contributed by atoms with Gasteiger partial charge in [0.15, 0.2) is 5.65 Å². The van der Waals surface area contributed by atoms with Gasteiger partial charge in [0.1, 0.15) is 5.52 Å². The smallest absolute Gasteiger partial charge is 0.318 e. The van der Waals surface area contributed by atoms with Crippen molar-refractivity contribution < 1.29 is 4.74 Å². The van der Waals surface area contributed by atoms with Gasteiger partial charge in [-0.15, -0.1) is 0 Å². The molecule has 0 fully saturated rings. The average Bonchev–Trinajstić information content (AvgIpc) is 2.71. The number of imidazole rings is 1. The van der Waals surface area contributed by atoms with Crippen molar-refractivity contribution in [1.82, 2.24) is 19.9 Å². The number of hydrogen-bond donors (Lipinski definition) is 1. The molecule has 0 spiro atoms. The summed E-state index contributed by atoms with van der Waals surface area (Å²) >= 11 is 0. The van der Waals surface area contributed by atoms with Crippen molar-refractivity contribution in [3.8, 4) is 6.01 Å². The van der Waals surface area contributed by atoms with Crippen LogP contribution in [-0.4, -0.2) is 26.5 Å². The lowest BCUT2D eigenvalue weighted by atomic mass is 10.3. The number of hydrogen-bond acceptors (Lipinski definition) is 4. The maximum Gasteiger partial charge on any atom is 0.318 e. The fraction of sp³-hybridized carbons (Fsp3) is 0.500. The number of aromatic nitrogens is 4. The summed E-state index contributed by atoms with van der Waals surface area (Å²) < 4.78 is 5.41. The molecule has 2 heterocycles. The molecule has 5 nitrogen and oxygen atoms in total. The molecule has 1 N–H and O–H groups in total. The minimum absolute atomic E-state index is 0.408. The molecule has 0 unspecified atom stereocenters. The fourth-order valence-corrected chi connectivity index (χ4v) is 1.31. The molecule has 5 heteroatoms. The summed E-state index contributed by atoms with van der Waals surface area (Å²) in [6.45, 7) is 2.83. The Balaban J connectivity index is 1.96. The Hall–Kier alpha value is -1.65. The van der Waals surface area contributed by atoms with Gasteiger partial charge in [0.25, 0.3) is 0 Å². The van der Waals surface area contributed by atoms with Gasteiger partial charge in [-0.2, -0.15) is 4.98 Å². The topological polar surface area (TPSA) is 63.7 Å². The summed E-state index contributed by atoms with van der Waals surface area (Å²) in [5.74, 6) is 0. The molecule has 2 aromatic rings. The van der Waals surface area contributed by atoms with Gasteiger partial charge >= 0.3 is 6.01 Å². The summed E-state index contributed by atoms with van der Waals surface area (Å²) in [5.41, 5.74) is 1.48. The third-order valence-electron chi connectivity index (χ3n) is 2.13. The average molecular weight is 206 g/mol. The summed E-state index contributed by atoms with van der Waals surface area (Å²) in [7, 11) is 0. The van der Waals surface area contributed by atoms with E-state index >= 15 is 0 Å². The molecule has 0 saturated heterocycles. The van der Waals surface area contributed by atoms with Crippen molar-refractivity contribution in [2.24, 2.45) is 0 Å². The van der Waals surface area contributed by atoms with Crippen LogP contribution < -0.4 is 4.74 Å². The molecule has 0 atom stereocenters. The van der Waals surface area contributed by atoms with Crippen LogP contribution in [0.3, 0.4) is 0 Å². The number of unbranched alkanes of at least 4 members (excludes halogenated alkanes) is 2. The minimum atomic E-state index is 0.408. The van der Waals surface area contributed by atoms with Crippen molar-refractivity contribution >= 4 is 11.2 Å². The first-order chi connectivity index (χ1) is 7.40. The number of fused-ring (bicyclic) bond motifs is 1. The number of nitrogens with one attached hydrogen (secondary N) is 1. The zero-order chi connectivity index (χ0) is 10.5. The molecular formula is C10H14N4O. The predicted octanol–water partition coefficient (Wildman–Crippen LogP) is 1.92.